The van der Waals surface area contributed by atoms with Gasteiger partial charge in [-0.05, 0) is 55.3 Å². The van der Waals surface area contributed by atoms with Crippen molar-refractivity contribution in [3.63, 3.8) is 0 Å². The van der Waals surface area contributed by atoms with Crippen molar-refractivity contribution in [3.8, 4) is 17.2 Å². The van der Waals surface area contributed by atoms with Gasteiger partial charge in [-0.25, -0.2) is 0 Å². The molecule has 1 N–H and O–H groups in total. The standard InChI is InChI=1S/C27H27NO4/c1-18(16-26(29)28-22-12-14-23(30-3)15-13-22)25-17-21-10-7-11-24(27(21)32-25)31-19(2)20-8-5-4-6-9-20/h4-16,19,25H,17H2,1-3H3,(H,28,29)/b18-16+. The highest BCUT2D eigenvalue weighted by atomic mass is 16.5. The van der Waals surface area contributed by atoms with E-state index in [0.717, 1.165) is 33.9 Å². The molecule has 0 aromatic heterocycles. The van der Waals surface area contributed by atoms with Crippen molar-refractivity contribution in [1.82, 2.24) is 0 Å². The van der Waals surface area contributed by atoms with E-state index in [0.29, 0.717) is 12.1 Å². The van der Waals surface area contributed by atoms with Crippen molar-refractivity contribution in [1.29, 1.82) is 0 Å². The van der Waals surface area contributed by atoms with E-state index in [1.54, 1.807) is 37.5 Å². The molecule has 1 aliphatic heterocycles. The minimum absolute atomic E-state index is 0.0998. The first-order valence-corrected chi connectivity index (χ1v) is 10.7. The molecule has 0 bridgehead atoms. The van der Waals surface area contributed by atoms with E-state index in [1.165, 1.54) is 0 Å². The van der Waals surface area contributed by atoms with Gasteiger partial charge in [-0.1, -0.05) is 42.5 Å². The third-order valence-corrected chi connectivity index (χ3v) is 5.52. The molecule has 4 rings (SSSR count). The largest absolute Gasteiger partial charge is 0.497 e. The number of hydrogen-bond acceptors (Lipinski definition) is 4. The van der Waals surface area contributed by atoms with Gasteiger partial charge in [0.15, 0.2) is 11.5 Å². The van der Waals surface area contributed by atoms with Gasteiger partial charge in [0.2, 0.25) is 5.91 Å². The second-order valence-electron chi connectivity index (χ2n) is 7.83. The van der Waals surface area contributed by atoms with Crippen LogP contribution in [0.2, 0.25) is 0 Å². The summed E-state index contributed by atoms with van der Waals surface area (Å²) in [6, 6.07) is 23.3. The summed E-state index contributed by atoms with van der Waals surface area (Å²) >= 11 is 0. The van der Waals surface area contributed by atoms with Crippen LogP contribution in [0, 0.1) is 0 Å². The summed E-state index contributed by atoms with van der Waals surface area (Å²) in [5, 5.41) is 2.87. The summed E-state index contributed by atoms with van der Waals surface area (Å²) in [5.74, 6) is 2.02. The Morgan fingerprint density at radius 3 is 2.53 bits per heavy atom. The van der Waals surface area contributed by atoms with Crippen LogP contribution in [0.3, 0.4) is 0 Å². The van der Waals surface area contributed by atoms with Gasteiger partial charge in [0.05, 0.1) is 7.11 Å². The molecule has 5 nitrogen and oxygen atoms in total. The number of amides is 1. The van der Waals surface area contributed by atoms with E-state index in [-0.39, 0.29) is 18.1 Å². The molecule has 2 atom stereocenters. The zero-order chi connectivity index (χ0) is 22.5. The first-order valence-electron chi connectivity index (χ1n) is 10.7. The highest BCUT2D eigenvalue weighted by Crippen LogP contribution is 2.41. The predicted molar refractivity (Wildman–Crippen MR) is 125 cm³/mol. The number of carbonyl (C=O) groups is 1. The molecule has 5 heteroatoms. The maximum atomic E-state index is 12.5. The Balaban J connectivity index is 1.42. The summed E-state index contributed by atoms with van der Waals surface area (Å²) in [6.07, 6.45) is 1.99. The summed E-state index contributed by atoms with van der Waals surface area (Å²) in [6.45, 7) is 3.94. The van der Waals surface area contributed by atoms with Gasteiger partial charge in [0.1, 0.15) is 18.0 Å². The van der Waals surface area contributed by atoms with E-state index < -0.39 is 0 Å². The summed E-state index contributed by atoms with van der Waals surface area (Å²) in [7, 11) is 1.61. The molecule has 0 saturated carbocycles. The molecular weight excluding hydrogens is 402 g/mol. The highest BCUT2D eigenvalue weighted by Gasteiger charge is 2.28. The first kappa shape index (κ1) is 21.5. The Hall–Kier alpha value is -3.73. The van der Waals surface area contributed by atoms with Crippen LogP contribution in [0.15, 0.2) is 84.4 Å². The van der Waals surface area contributed by atoms with Crippen molar-refractivity contribution in [2.45, 2.75) is 32.5 Å². The molecule has 0 aliphatic carbocycles. The molecule has 1 amide bonds. The van der Waals surface area contributed by atoms with E-state index in [4.69, 9.17) is 14.2 Å². The zero-order valence-electron chi connectivity index (χ0n) is 18.5. The third kappa shape index (κ3) is 4.94. The Morgan fingerprint density at radius 2 is 1.81 bits per heavy atom. The van der Waals surface area contributed by atoms with Crippen molar-refractivity contribution < 1.29 is 19.0 Å². The van der Waals surface area contributed by atoms with Crippen LogP contribution in [0.25, 0.3) is 0 Å². The molecule has 164 valence electrons. The van der Waals surface area contributed by atoms with Gasteiger partial charge in [0, 0.05) is 23.7 Å². The fourth-order valence-corrected chi connectivity index (χ4v) is 3.72. The summed E-state index contributed by atoms with van der Waals surface area (Å²) in [5.41, 5.74) is 3.75. The lowest BCUT2D eigenvalue weighted by molar-refractivity contribution is -0.112. The Kier molecular flexibility index (Phi) is 6.45. The maximum absolute atomic E-state index is 12.5. The average molecular weight is 430 g/mol. The van der Waals surface area contributed by atoms with Crippen molar-refractivity contribution in [3.05, 3.63) is 95.6 Å². The van der Waals surface area contributed by atoms with Crippen LogP contribution in [-0.4, -0.2) is 19.1 Å². The van der Waals surface area contributed by atoms with E-state index >= 15 is 0 Å². The third-order valence-electron chi connectivity index (χ3n) is 5.52. The molecule has 2 unspecified atom stereocenters. The van der Waals surface area contributed by atoms with Gasteiger partial charge in [-0.3, -0.25) is 4.79 Å². The molecule has 3 aromatic rings. The SMILES string of the molecule is COc1ccc(NC(=O)/C=C(\C)C2Cc3cccc(OC(C)c4ccccc4)c3O2)cc1. The predicted octanol–water partition coefficient (Wildman–Crippen LogP) is 5.72. The number of methoxy groups -OCH3 is 1. The second-order valence-corrected chi connectivity index (χ2v) is 7.83. The Labute approximate surface area is 188 Å². The van der Waals surface area contributed by atoms with Gasteiger partial charge >= 0.3 is 0 Å². The van der Waals surface area contributed by atoms with Gasteiger partial charge in [-0.15, -0.1) is 0 Å². The van der Waals surface area contributed by atoms with Crippen molar-refractivity contribution in [2.75, 3.05) is 12.4 Å². The van der Waals surface area contributed by atoms with Crippen LogP contribution >= 0.6 is 0 Å². The normalized spacial score (nSPS) is 16.0. The lowest BCUT2D eigenvalue weighted by Crippen LogP contribution is -2.17. The summed E-state index contributed by atoms with van der Waals surface area (Å²) in [4.78, 5) is 12.5. The Morgan fingerprint density at radius 1 is 1.06 bits per heavy atom. The molecule has 0 radical (unpaired) electrons. The molecule has 1 heterocycles. The highest BCUT2D eigenvalue weighted by molar-refractivity contribution is 5.99. The number of nitrogens with one attached hydrogen (secondary N) is 1. The molecule has 0 saturated heterocycles. The van der Waals surface area contributed by atoms with Crippen LogP contribution in [0.4, 0.5) is 5.69 Å². The van der Waals surface area contributed by atoms with Crippen molar-refractivity contribution in [2.24, 2.45) is 0 Å². The number of para-hydroxylation sites is 1. The van der Waals surface area contributed by atoms with Crippen LogP contribution in [-0.2, 0) is 11.2 Å². The topological polar surface area (TPSA) is 56.8 Å². The van der Waals surface area contributed by atoms with Gasteiger partial charge in [0.25, 0.3) is 0 Å². The van der Waals surface area contributed by atoms with Gasteiger partial charge < -0.3 is 19.5 Å². The first-order chi connectivity index (χ1) is 15.5. The average Bonchev–Trinajstić information content (AvgIpc) is 3.26. The lowest BCUT2D eigenvalue weighted by Gasteiger charge is -2.18. The number of ether oxygens (including phenoxy) is 3. The monoisotopic (exact) mass is 429 g/mol. The lowest BCUT2D eigenvalue weighted by atomic mass is 10.0. The fraction of sp³-hybridized carbons (Fsp3) is 0.222. The number of carbonyl (C=O) groups excluding carboxylic acids is 1. The molecule has 32 heavy (non-hydrogen) atoms. The second kappa shape index (κ2) is 9.60. The zero-order valence-corrected chi connectivity index (χ0v) is 18.5. The van der Waals surface area contributed by atoms with E-state index in [9.17, 15) is 4.79 Å². The summed E-state index contributed by atoms with van der Waals surface area (Å²) < 4.78 is 17.6. The maximum Gasteiger partial charge on any atom is 0.248 e. The van der Waals surface area contributed by atoms with Crippen LogP contribution < -0.4 is 19.5 Å². The number of benzene rings is 3. The molecule has 0 spiro atoms. The molecular formula is C27H27NO4. The van der Waals surface area contributed by atoms with Crippen LogP contribution in [0.1, 0.15) is 31.1 Å². The number of anilines is 1. The van der Waals surface area contributed by atoms with Crippen LogP contribution in [0.5, 0.6) is 17.2 Å². The van der Waals surface area contributed by atoms with E-state index in [1.807, 2.05) is 62.4 Å². The van der Waals surface area contributed by atoms with E-state index in [2.05, 4.69) is 5.32 Å². The minimum atomic E-state index is -0.205. The number of fused-ring (bicyclic) bond motifs is 1. The fourth-order valence-electron chi connectivity index (χ4n) is 3.72. The number of hydrogen-bond donors (Lipinski definition) is 1. The Bertz CT molecular complexity index is 1110. The smallest absolute Gasteiger partial charge is 0.248 e. The molecule has 0 fully saturated rings. The number of rotatable bonds is 7. The molecule has 3 aromatic carbocycles. The quantitative estimate of drug-likeness (QED) is 0.488. The van der Waals surface area contributed by atoms with Crippen molar-refractivity contribution >= 4 is 11.6 Å². The minimum Gasteiger partial charge on any atom is -0.497 e. The molecule has 1 aliphatic rings. The van der Waals surface area contributed by atoms with Gasteiger partial charge in [-0.2, -0.15) is 0 Å².